The van der Waals surface area contributed by atoms with Crippen LogP contribution < -0.4 is 20.1 Å². The van der Waals surface area contributed by atoms with E-state index in [1.807, 2.05) is 13.1 Å². The largest absolute Gasteiger partial charge is 0.493 e. The summed E-state index contributed by atoms with van der Waals surface area (Å²) in [7, 11) is 5.21. The van der Waals surface area contributed by atoms with E-state index in [0.29, 0.717) is 6.10 Å². The minimum Gasteiger partial charge on any atom is -0.493 e. The molecule has 1 heterocycles. The number of nitrogens with one attached hydrogen (secondary N) is 2. The SMILES string of the molecule is CN=C(NCC1CCCO1)NCC1(c2ccc(OC)c(OC)c2)CCCCC1.I. The van der Waals surface area contributed by atoms with Crippen LogP contribution in [-0.4, -0.2) is 53.0 Å². The Bertz CT molecular complexity index is 657. The van der Waals surface area contributed by atoms with Crippen molar-refractivity contribution in [3.05, 3.63) is 23.8 Å². The predicted octanol–water partition coefficient (Wildman–Crippen LogP) is 3.87. The molecule has 1 aromatic rings. The molecule has 0 amide bonds. The van der Waals surface area contributed by atoms with Crippen molar-refractivity contribution in [3.8, 4) is 11.5 Å². The molecule has 2 fully saturated rings. The number of hydrogen-bond acceptors (Lipinski definition) is 4. The van der Waals surface area contributed by atoms with Crippen molar-refractivity contribution in [1.29, 1.82) is 0 Å². The molecule has 1 aromatic carbocycles. The van der Waals surface area contributed by atoms with Crippen LogP contribution >= 0.6 is 24.0 Å². The molecule has 1 saturated heterocycles. The van der Waals surface area contributed by atoms with Crippen molar-refractivity contribution < 1.29 is 14.2 Å². The maximum Gasteiger partial charge on any atom is 0.191 e. The van der Waals surface area contributed by atoms with E-state index in [0.717, 1.165) is 62.8 Å². The maximum absolute atomic E-state index is 5.71. The van der Waals surface area contributed by atoms with Gasteiger partial charge in [0.1, 0.15) is 0 Å². The van der Waals surface area contributed by atoms with E-state index in [4.69, 9.17) is 14.2 Å². The van der Waals surface area contributed by atoms with Gasteiger partial charge in [-0.2, -0.15) is 0 Å². The average molecular weight is 517 g/mol. The fourth-order valence-corrected chi connectivity index (χ4v) is 4.45. The van der Waals surface area contributed by atoms with Gasteiger partial charge in [-0.15, -0.1) is 24.0 Å². The van der Waals surface area contributed by atoms with Crippen molar-refractivity contribution in [1.82, 2.24) is 10.6 Å². The van der Waals surface area contributed by atoms with Gasteiger partial charge in [0.25, 0.3) is 0 Å². The molecule has 1 saturated carbocycles. The Balaban J connectivity index is 0.00000300. The van der Waals surface area contributed by atoms with Crippen LogP contribution in [0.25, 0.3) is 0 Å². The van der Waals surface area contributed by atoms with Crippen LogP contribution in [0.5, 0.6) is 11.5 Å². The lowest BCUT2D eigenvalue weighted by Gasteiger charge is -2.38. The monoisotopic (exact) mass is 517 g/mol. The van der Waals surface area contributed by atoms with Crippen LogP contribution in [0.1, 0.15) is 50.5 Å². The lowest BCUT2D eigenvalue weighted by molar-refractivity contribution is 0.113. The molecule has 3 rings (SSSR count). The van der Waals surface area contributed by atoms with Gasteiger partial charge < -0.3 is 24.8 Å². The first kappa shape index (κ1) is 24.1. The lowest BCUT2D eigenvalue weighted by atomic mass is 9.69. The highest BCUT2D eigenvalue weighted by molar-refractivity contribution is 14.0. The van der Waals surface area contributed by atoms with E-state index in [1.54, 1.807) is 14.2 Å². The number of guanidine groups is 1. The molecule has 0 radical (unpaired) electrons. The minimum absolute atomic E-state index is 0. The van der Waals surface area contributed by atoms with Crippen LogP contribution in [0.4, 0.5) is 0 Å². The standard InChI is InChI=1S/C22H35N3O3.HI/c1-23-21(24-15-18-8-7-13-28-18)25-16-22(11-5-4-6-12-22)17-9-10-19(26-2)20(14-17)27-3;/h9-10,14,18H,4-8,11-13,15-16H2,1-3H3,(H2,23,24,25);1H. The average Bonchev–Trinajstić information content (AvgIpc) is 3.27. The quantitative estimate of drug-likeness (QED) is 0.327. The van der Waals surface area contributed by atoms with E-state index in [9.17, 15) is 0 Å². The second-order valence-corrected chi connectivity index (χ2v) is 7.85. The summed E-state index contributed by atoms with van der Waals surface area (Å²) in [6.45, 7) is 2.54. The normalized spacial score (nSPS) is 21.2. The first-order valence-corrected chi connectivity index (χ1v) is 10.5. The zero-order valence-corrected chi connectivity index (χ0v) is 20.3. The number of methoxy groups -OCH3 is 2. The van der Waals surface area contributed by atoms with Gasteiger partial charge >= 0.3 is 0 Å². The number of nitrogens with zero attached hydrogens (tertiary/aromatic N) is 1. The maximum atomic E-state index is 5.71. The number of benzene rings is 1. The van der Waals surface area contributed by atoms with Crippen molar-refractivity contribution in [3.63, 3.8) is 0 Å². The van der Waals surface area contributed by atoms with Crippen LogP contribution in [0, 0.1) is 0 Å². The zero-order chi connectivity index (χ0) is 19.8. The second-order valence-electron chi connectivity index (χ2n) is 7.85. The number of aliphatic imine (C=N–C) groups is 1. The molecule has 0 aromatic heterocycles. The molecule has 1 atom stereocenters. The van der Waals surface area contributed by atoms with Gasteiger partial charge in [-0.05, 0) is 43.4 Å². The van der Waals surface area contributed by atoms with Crippen molar-refractivity contribution >= 4 is 29.9 Å². The van der Waals surface area contributed by atoms with Gasteiger partial charge in [-0.1, -0.05) is 25.3 Å². The van der Waals surface area contributed by atoms with E-state index in [-0.39, 0.29) is 29.4 Å². The van der Waals surface area contributed by atoms with Gasteiger partial charge in [-0.3, -0.25) is 4.99 Å². The molecule has 1 unspecified atom stereocenters. The Morgan fingerprint density at radius 1 is 1.10 bits per heavy atom. The van der Waals surface area contributed by atoms with Gasteiger partial charge in [0.05, 0.1) is 20.3 Å². The van der Waals surface area contributed by atoms with Crippen LogP contribution in [0.15, 0.2) is 23.2 Å². The van der Waals surface area contributed by atoms with Crippen molar-refractivity contribution in [2.24, 2.45) is 4.99 Å². The fourth-order valence-electron chi connectivity index (χ4n) is 4.45. The first-order valence-electron chi connectivity index (χ1n) is 10.5. The first-order chi connectivity index (χ1) is 13.7. The Morgan fingerprint density at radius 2 is 1.86 bits per heavy atom. The topological polar surface area (TPSA) is 64.1 Å². The smallest absolute Gasteiger partial charge is 0.191 e. The van der Waals surface area contributed by atoms with Crippen molar-refractivity contribution in [2.45, 2.75) is 56.5 Å². The summed E-state index contributed by atoms with van der Waals surface area (Å²) < 4.78 is 16.7. The van der Waals surface area contributed by atoms with E-state index in [1.165, 1.54) is 24.8 Å². The highest BCUT2D eigenvalue weighted by Gasteiger charge is 2.34. The van der Waals surface area contributed by atoms with Gasteiger partial charge in [-0.25, -0.2) is 0 Å². The third-order valence-electron chi connectivity index (χ3n) is 6.15. The van der Waals surface area contributed by atoms with Crippen LogP contribution in [-0.2, 0) is 10.2 Å². The molecule has 164 valence electrons. The molecular formula is C22H36IN3O3. The number of hydrogen-bond donors (Lipinski definition) is 2. The van der Waals surface area contributed by atoms with Gasteiger partial charge in [0.2, 0.25) is 0 Å². The predicted molar refractivity (Wildman–Crippen MR) is 128 cm³/mol. The Kier molecular flexibility index (Phi) is 9.82. The molecule has 0 bridgehead atoms. The molecule has 2 N–H and O–H groups in total. The number of rotatable bonds is 7. The van der Waals surface area contributed by atoms with Gasteiger partial charge in [0, 0.05) is 32.2 Å². The third-order valence-corrected chi connectivity index (χ3v) is 6.15. The van der Waals surface area contributed by atoms with Gasteiger partial charge in [0.15, 0.2) is 17.5 Å². The molecule has 2 aliphatic rings. The summed E-state index contributed by atoms with van der Waals surface area (Å²) in [5.41, 5.74) is 1.39. The summed E-state index contributed by atoms with van der Waals surface area (Å²) in [6, 6.07) is 6.36. The van der Waals surface area contributed by atoms with E-state index in [2.05, 4.69) is 27.8 Å². The Hall–Kier alpha value is -1.22. The number of ether oxygens (including phenoxy) is 3. The summed E-state index contributed by atoms with van der Waals surface area (Å²) in [4.78, 5) is 4.41. The van der Waals surface area contributed by atoms with Crippen LogP contribution in [0.3, 0.4) is 0 Å². The second kappa shape index (κ2) is 11.8. The lowest BCUT2D eigenvalue weighted by Crippen LogP contribution is -2.47. The highest BCUT2D eigenvalue weighted by Crippen LogP contribution is 2.42. The molecule has 6 nitrogen and oxygen atoms in total. The molecule has 29 heavy (non-hydrogen) atoms. The summed E-state index contributed by atoms with van der Waals surface area (Å²) in [5, 5.41) is 7.01. The molecular weight excluding hydrogens is 481 g/mol. The molecule has 1 aliphatic carbocycles. The Labute approximate surface area is 192 Å². The molecule has 7 heteroatoms. The molecule has 1 aliphatic heterocycles. The zero-order valence-electron chi connectivity index (χ0n) is 18.0. The van der Waals surface area contributed by atoms with E-state index >= 15 is 0 Å². The van der Waals surface area contributed by atoms with Crippen molar-refractivity contribution in [2.75, 3.05) is 41.0 Å². The van der Waals surface area contributed by atoms with Crippen LogP contribution in [0.2, 0.25) is 0 Å². The third kappa shape index (κ3) is 6.13. The number of halogens is 1. The Morgan fingerprint density at radius 3 is 2.48 bits per heavy atom. The minimum atomic E-state index is 0. The summed E-state index contributed by atoms with van der Waals surface area (Å²) >= 11 is 0. The fraction of sp³-hybridized carbons (Fsp3) is 0.682. The van der Waals surface area contributed by atoms with E-state index < -0.39 is 0 Å². The highest BCUT2D eigenvalue weighted by atomic mass is 127. The molecule has 0 spiro atoms. The summed E-state index contributed by atoms with van der Waals surface area (Å²) in [6.07, 6.45) is 8.71. The summed E-state index contributed by atoms with van der Waals surface area (Å²) in [5.74, 6) is 2.42.